The van der Waals surface area contributed by atoms with Gasteiger partial charge in [0.1, 0.15) is 0 Å². The highest BCUT2D eigenvalue weighted by Gasteiger charge is 2.37. The molecule has 3 rings (SSSR count). The van der Waals surface area contributed by atoms with E-state index in [-0.39, 0.29) is 6.04 Å². The van der Waals surface area contributed by atoms with Crippen LogP contribution >= 0.6 is 0 Å². The molecule has 2 heterocycles. The van der Waals surface area contributed by atoms with Crippen molar-refractivity contribution in [2.45, 2.75) is 69.5 Å². The molecule has 3 fully saturated rings. The number of piperidine rings is 1. The van der Waals surface area contributed by atoms with Crippen molar-refractivity contribution in [1.82, 2.24) is 15.5 Å². The fraction of sp³-hybridized carbons (Fsp3) is 0.938. The summed E-state index contributed by atoms with van der Waals surface area (Å²) in [6.07, 6.45) is 10.2. The minimum atomic E-state index is 0.0780. The SMILES string of the molecule is CN1CCC(NC2CCCCC2C2CCCCN2)C1=O. The lowest BCUT2D eigenvalue weighted by molar-refractivity contribution is -0.128. The van der Waals surface area contributed by atoms with E-state index in [1.165, 1.54) is 51.5 Å². The van der Waals surface area contributed by atoms with E-state index in [0.717, 1.165) is 18.9 Å². The quantitative estimate of drug-likeness (QED) is 0.823. The van der Waals surface area contributed by atoms with Crippen molar-refractivity contribution >= 4 is 5.91 Å². The summed E-state index contributed by atoms with van der Waals surface area (Å²) in [5.41, 5.74) is 0. The Morgan fingerprint density at radius 1 is 1.10 bits per heavy atom. The lowest BCUT2D eigenvalue weighted by Gasteiger charge is -2.40. The fourth-order valence-electron chi connectivity index (χ4n) is 4.33. The largest absolute Gasteiger partial charge is 0.344 e. The molecule has 1 amide bonds. The Balaban J connectivity index is 1.61. The zero-order valence-corrected chi connectivity index (χ0v) is 12.7. The van der Waals surface area contributed by atoms with E-state index >= 15 is 0 Å². The maximum atomic E-state index is 12.1. The number of likely N-dealkylation sites (tertiary alicyclic amines) is 1. The van der Waals surface area contributed by atoms with Crippen LogP contribution in [0.15, 0.2) is 0 Å². The molecule has 0 aromatic heterocycles. The topological polar surface area (TPSA) is 44.4 Å². The molecule has 4 nitrogen and oxygen atoms in total. The highest BCUT2D eigenvalue weighted by atomic mass is 16.2. The van der Waals surface area contributed by atoms with E-state index in [4.69, 9.17) is 0 Å². The predicted octanol–water partition coefficient (Wildman–Crippen LogP) is 1.51. The van der Waals surface area contributed by atoms with Gasteiger partial charge in [0, 0.05) is 25.7 Å². The van der Waals surface area contributed by atoms with Crippen LogP contribution in [0.3, 0.4) is 0 Å². The maximum absolute atomic E-state index is 12.1. The van der Waals surface area contributed by atoms with E-state index < -0.39 is 0 Å². The summed E-state index contributed by atoms with van der Waals surface area (Å²) >= 11 is 0. The summed E-state index contributed by atoms with van der Waals surface area (Å²) in [5, 5.41) is 7.44. The lowest BCUT2D eigenvalue weighted by Crippen LogP contribution is -2.54. The molecule has 114 valence electrons. The third-order valence-corrected chi connectivity index (χ3v) is 5.53. The third kappa shape index (κ3) is 3.01. The summed E-state index contributed by atoms with van der Waals surface area (Å²) in [6, 6.07) is 1.30. The normalized spacial score (nSPS) is 39.2. The Morgan fingerprint density at radius 3 is 2.60 bits per heavy atom. The number of amides is 1. The van der Waals surface area contributed by atoms with Crippen LogP contribution in [0.5, 0.6) is 0 Å². The number of hydrogen-bond donors (Lipinski definition) is 2. The van der Waals surface area contributed by atoms with Crippen LogP contribution in [0, 0.1) is 5.92 Å². The molecule has 4 heteroatoms. The molecule has 4 unspecified atom stereocenters. The summed E-state index contributed by atoms with van der Waals surface area (Å²) in [7, 11) is 1.92. The second-order valence-corrected chi connectivity index (χ2v) is 6.88. The van der Waals surface area contributed by atoms with Gasteiger partial charge in [0.25, 0.3) is 0 Å². The van der Waals surface area contributed by atoms with E-state index in [2.05, 4.69) is 10.6 Å². The second kappa shape index (κ2) is 6.44. The molecular formula is C16H29N3O. The smallest absolute Gasteiger partial charge is 0.239 e. The highest BCUT2D eigenvalue weighted by molar-refractivity contribution is 5.83. The van der Waals surface area contributed by atoms with Gasteiger partial charge in [0.05, 0.1) is 6.04 Å². The standard InChI is InChI=1S/C16H29N3O/c1-19-11-9-15(16(19)20)18-14-8-3-2-6-12(14)13-7-4-5-10-17-13/h12-15,17-18H,2-11H2,1H3. The number of likely N-dealkylation sites (N-methyl/N-ethyl adjacent to an activating group) is 1. The molecule has 1 aliphatic carbocycles. The molecule has 1 saturated carbocycles. The molecule has 0 bridgehead atoms. The zero-order valence-electron chi connectivity index (χ0n) is 12.7. The van der Waals surface area contributed by atoms with Crippen molar-refractivity contribution in [2.24, 2.45) is 5.92 Å². The number of rotatable bonds is 3. The first-order valence-corrected chi connectivity index (χ1v) is 8.50. The molecule has 2 aliphatic heterocycles. The Morgan fingerprint density at radius 2 is 1.90 bits per heavy atom. The summed E-state index contributed by atoms with van der Waals surface area (Å²) in [4.78, 5) is 14.0. The first-order valence-electron chi connectivity index (χ1n) is 8.50. The molecule has 20 heavy (non-hydrogen) atoms. The summed E-state index contributed by atoms with van der Waals surface area (Å²) in [6.45, 7) is 2.09. The van der Waals surface area contributed by atoms with Gasteiger partial charge in [-0.25, -0.2) is 0 Å². The van der Waals surface area contributed by atoms with Gasteiger partial charge in [-0.05, 0) is 44.6 Å². The average Bonchev–Trinajstić information content (AvgIpc) is 2.81. The number of nitrogens with one attached hydrogen (secondary N) is 2. The number of carbonyl (C=O) groups is 1. The number of carbonyl (C=O) groups excluding carboxylic acids is 1. The Bertz CT molecular complexity index is 341. The van der Waals surface area contributed by atoms with Crippen LogP contribution in [0.1, 0.15) is 51.4 Å². The van der Waals surface area contributed by atoms with Crippen LogP contribution in [0.2, 0.25) is 0 Å². The fourth-order valence-corrected chi connectivity index (χ4v) is 4.33. The Kier molecular flexibility index (Phi) is 4.61. The monoisotopic (exact) mass is 279 g/mol. The number of nitrogens with zero attached hydrogens (tertiary/aromatic N) is 1. The lowest BCUT2D eigenvalue weighted by atomic mass is 9.77. The van der Waals surface area contributed by atoms with Crippen LogP contribution in [-0.4, -0.2) is 49.1 Å². The summed E-state index contributed by atoms with van der Waals surface area (Å²) in [5.74, 6) is 1.02. The van der Waals surface area contributed by atoms with Crippen molar-refractivity contribution in [3.8, 4) is 0 Å². The number of hydrogen-bond acceptors (Lipinski definition) is 3. The molecule has 3 aliphatic rings. The van der Waals surface area contributed by atoms with E-state index in [1.54, 1.807) is 0 Å². The first-order chi connectivity index (χ1) is 9.75. The first kappa shape index (κ1) is 14.3. The van der Waals surface area contributed by atoms with Crippen LogP contribution in [0.25, 0.3) is 0 Å². The average molecular weight is 279 g/mol. The van der Waals surface area contributed by atoms with Gasteiger partial charge >= 0.3 is 0 Å². The molecule has 2 N–H and O–H groups in total. The van der Waals surface area contributed by atoms with E-state index in [0.29, 0.717) is 18.0 Å². The van der Waals surface area contributed by atoms with Crippen LogP contribution < -0.4 is 10.6 Å². The van der Waals surface area contributed by atoms with Crippen LogP contribution in [0.4, 0.5) is 0 Å². The molecule has 0 spiro atoms. The summed E-state index contributed by atoms with van der Waals surface area (Å²) < 4.78 is 0. The van der Waals surface area contributed by atoms with Gasteiger partial charge in [-0.2, -0.15) is 0 Å². The highest BCUT2D eigenvalue weighted by Crippen LogP contribution is 2.31. The zero-order chi connectivity index (χ0) is 13.9. The molecule has 0 aromatic carbocycles. The second-order valence-electron chi connectivity index (χ2n) is 6.88. The van der Waals surface area contributed by atoms with E-state index in [9.17, 15) is 4.79 Å². The molecule has 0 radical (unpaired) electrons. The van der Waals surface area contributed by atoms with Gasteiger partial charge in [-0.15, -0.1) is 0 Å². The third-order valence-electron chi connectivity index (χ3n) is 5.53. The van der Waals surface area contributed by atoms with Crippen molar-refractivity contribution < 1.29 is 4.79 Å². The van der Waals surface area contributed by atoms with Crippen molar-refractivity contribution in [2.75, 3.05) is 20.1 Å². The Labute approximate surface area is 122 Å². The minimum Gasteiger partial charge on any atom is -0.344 e. The van der Waals surface area contributed by atoms with Crippen molar-refractivity contribution in [1.29, 1.82) is 0 Å². The van der Waals surface area contributed by atoms with Crippen LogP contribution in [-0.2, 0) is 4.79 Å². The molecule has 0 aromatic rings. The van der Waals surface area contributed by atoms with Gasteiger partial charge in [-0.3, -0.25) is 4.79 Å². The molecule has 2 saturated heterocycles. The minimum absolute atomic E-state index is 0.0780. The maximum Gasteiger partial charge on any atom is 0.239 e. The van der Waals surface area contributed by atoms with Gasteiger partial charge in [-0.1, -0.05) is 19.3 Å². The Hall–Kier alpha value is -0.610. The van der Waals surface area contributed by atoms with Gasteiger partial charge in [0.2, 0.25) is 5.91 Å². The van der Waals surface area contributed by atoms with Crippen molar-refractivity contribution in [3.05, 3.63) is 0 Å². The molecular weight excluding hydrogens is 250 g/mol. The van der Waals surface area contributed by atoms with Gasteiger partial charge in [0.15, 0.2) is 0 Å². The van der Waals surface area contributed by atoms with E-state index in [1.807, 2.05) is 11.9 Å². The predicted molar refractivity (Wildman–Crippen MR) is 80.6 cm³/mol. The van der Waals surface area contributed by atoms with Crippen molar-refractivity contribution in [3.63, 3.8) is 0 Å². The molecule has 4 atom stereocenters. The van der Waals surface area contributed by atoms with Gasteiger partial charge < -0.3 is 15.5 Å².